The molecule has 7 nitrogen and oxygen atoms in total. The first-order valence-corrected chi connectivity index (χ1v) is 10.6. The van der Waals surface area contributed by atoms with E-state index in [1.165, 1.54) is 4.90 Å². The number of rotatable bonds is 4. The monoisotopic (exact) mass is 438 g/mol. The second kappa shape index (κ2) is 7.00. The Bertz CT molecular complexity index is 1220. The Morgan fingerprint density at radius 3 is 2.81 bits per heavy atom. The van der Waals surface area contributed by atoms with Gasteiger partial charge in [-0.15, -0.1) is 0 Å². The lowest BCUT2D eigenvalue weighted by molar-refractivity contribution is -0.133. The Balaban J connectivity index is 1.75. The largest absolute Gasteiger partial charge is 0.508 e. The number of aromatic nitrogens is 1. The van der Waals surface area contributed by atoms with E-state index in [9.17, 15) is 14.7 Å². The minimum Gasteiger partial charge on any atom is -0.508 e. The molecule has 2 aliphatic heterocycles. The van der Waals surface area contributed by atoms with Gasteiger partial charge in [-0.05, 0) is 55.4 Å². The molecule has 0 radical (unpaired) electrons. The number of carbonyl (C=O) groups excluding carboxylic acids is 2. The van der Waals surface area contributed by atoms with Crippen LogP contribution in [-0.2, 0) is 11.2 Å². The number of benzene rings is 2. The summed E-state index contributed by atoms with van der Waals surface area (Å²) < 4.78 is 0. The molecule has 1 saturated heterocycles. The number of amides is 3. The van der Waals surface area contributed by atoms with Crippen LogP contribution in [0.2, 0.25) is 5.02 Å². The molecule has 5 rings (SSSR count). The molecule has 0 bridgehead atoms. The van der Waals surface area contributed by atoms with Crippen molar-refractivity contribution >= 4 is 34.4 Å². The molecule has 0 spiro atoms. The van der Waals surface area contributed by atoms with Crippen LogP contribution < -0.4 is 5.32 Å². The van der Waals surface area contributed by atoms with Crippen LogP contribution in [0.4, 0.5) is 4.79 Å². The maximum atomic E-state index is 13.5. The lowest BCUT2D eigenvalue weighted by Gasteiger charge is -2.42. The first kappa shape index (κ1) is 19.9. The number of phenols is 1. The van der Waals surface area contributed by atoms with Crippen molar-refractivity contribution < 1.29 is 14.7 Å². The number of aromatic hydroxyl groups is 1. The van der Waals surface area contributed by atoms with E-state index in [4.69, 9.17) is 11.6 Å². The van der Waals surface area contributed by atoms with Crippen LogP contribution in [0.15, 0.2) is 42.5 Å². The lowest BCUT2D eigenvalue weighted by atomic mass is 9.81. The SMILES string of the molecule is CNCCN1C(=O)N2C(c3cccc(O)c3)c3[nH]c4ccc(Cl)cc4c3CC2(C)C1=O. The second-order valence-corrected chi connectivity index (χ2v) is 8.80. The number of urea groups is 1. The van der Waals surface area contributed by atoms with E-state index >= 15 is 0 Å². The number of hydrogen-bond donors (Lipinski definition) is 3. The van der Waals surface area contributed by atoms with Crippen molar-refractivity contribution in [3.63, 3.8) is 0 Å². The number of H-pyrrole nitrogens is 1. The topological polar surface area (TPSA) is 88.7 Å². The van der Waals surface area contributed by atoms with Gasteiger partial charge in [0.2, 0.25) is 0 Å². The molecule has 3 aromatic rings. The first-order chi connectivity index (χ1) is 14.8. The number of fused-ring (bicyclic) bond motifs is 4. The standard InChI is InChI=1S/C23H23ClN4O3/c1-23-12-17-16-11-14(24)6-7-18(16)26-19(17)20(13-4-3-5-15(29)10-13)28(23)22(31)27(21(23)30)9-8-25-2/h3-7,10-11,20,25-26,29H,8-9,12H2,1-2H3. The Hall–Kier alpha value is -3.03. The number of imide groups is 1. The molecule has 160 valence electrons. The number of carbonyl (C=O) groups is 2. The summed E-state index contributed by atoms with van der Waals surface area (Å²) in [5.41, 5.74) is 2.42. The quantitative estimate of drug-likeness (QED) is 0.544. The number of aromatic amines is 1. The highest BCUT2D eigenvalue weighted by atomic mass is 35.5. The minimum absolute atomic E-state index is 0.107. The fourth-order valence-corrected chi connectivity index (χ4v) is 5.12. The summed E-state index contributed by atoms with van der Waals surface area (Å²) in [6.07, 6.45) is 0.388. The van der Waals surface area contributed by atoms with Gasteiger partial charge in [0.15, 0.2) is 0 Å². The van der Waals surface area contributed by atoms with E-state index in [2.05, 4.69) is 10.3 Å². The van der Waals surface area contributed by atoms with Gasteiger partial charge >= 0.3 is 6.03 Å². The molecule has 2 aliphatic rings. The second-order valence-electron chi connectivity index (χ2n) is 8.37. The van der Waals surface area contributed by atoms with E-state index in [0.29, 0.717) is 24.5 Å². The average molecular weight is 439 g/mol. The number of likely N-dealkylation sites (N-methyl/N-ethyl adjacent to an activating group) is 1. The summed E-state index contributed by atoms with van der Waals surface area (Å²) in [6.45, 7) is 2.64. The van der Waals surface area contributed by atoms with E-state index in [0.717, 1.165) is 27.7 Å². The molecule has 8 heteroatoms. The van der Waals surface area contributed by atoms with Crippen LogP contribution in [0.5, 0.6) is 5.75 Å². The first-order valence-electron chi connectivity index (χ1n) is 10.2. The van der Waals surface area contributed by atoms with Gasteiger partial charge in [0.1, 0.15) is 17.3 Å². The fourth-order valence-electron chi connectivity index (χ4n) is 4.95. The molecule has 0 saturated carbocycles. The Labute approximate surface area is 184 Å². The van der Waals surface area contributed by atoms with Crippen molar-refractivity contribution in [3.05, 3.63) is 64.3 Å². The Morgan fingerprint density at radius 1 is 1.26 bits per heavy atom. The van der Waals surface area contributed by atoms with Crippen molar-refractivity contribution in [2.24, 2.45) is 0 Å². The fraction of sp³-hybridized carbons (Fsp3) is 0.304. The van der Waals surface area contributed by atoms with Crippen molar-refractivity contribution in [3.8, 4) is 5.75 Å². The maximum Gasteiger partial charge on any atom is 0.328 e. The molecule has 1 fully saturated rings. The number of hydrogen-bond acceptors (Lipinski definition) is 4. The zero-order valence-electron chi connectivity index (χ0n) is 17.3. The average Bonchev–Trinajstić information content (AvgIpc) is 3.17. The van der Waals surface area contributed by atoms with E-state index in [-0.39, 0.29) is 17.7 Å². The Kier molecular flexibility index (Phi) is 4.50. The molecule has 2 aromatic carbocycles. The number of phenolic OH excluding ortho intramolecular Hbond substituents is 1. The predicted octanol–water partition coefficient (Wildman–Crippen LogP) is 3.41. The van der Waals surface area contributed by atoms with Gasteiger partial charge < -0.3 is 15.4 Å². The molecule has 1 aromatic heterocycles. The summed E-state index contributed by atoms with van der Waals surface area (Å²) >= 11 is 6.28. The predicted molar refractivity (Wildman–Crippen MR) is 118 cm³/mol. The van der Waals surface area contributed by atoms with Gasteiger partial charge in [0, 0.05) is 41.1 Å². The van der Waals surface area contributed by atoms with Crippen LogP contribution in [0, 0.1) is 0 Å². The Morgan fingerprint density at radius 2 is 2.06 bits per heavy atom. The third-order valence-electron chi connectivity index (χ3n) is 6.40. The van der Waals surface area contributed by atoms with Crippen molar-refractivity contribution in [1.29, 1.82) is 0 Å². The maximum absolute atomic E-state index is 13.5. The van der Waals surface area contributed by atoms with Crippen LogP contribution in [-0.4, -0.2) is 57.5 Å². The molecule has 2 unspecified atom stereocenters. The summed E-state index contributed by atoms with van der Waals surface area (Å²) in [5, 5.41) is 14.7. The van der Waals surface area contributed by atoms with E-state index < -0.39 is 11.6 Å². The zero-order chi connectivity index (χ0) is 21.9. The van der Waals surface area contributed by atoms with Crippen LogP contribution >= 0.6 is 11.6 Å². The highest BCUT2D eigenvalue weighted by Gasteiger charge is 2.60. The third kappa shape index (κ3) is 2.84. The van der Waals surface area contributed by atoms with Crippen molar-refractivity contribution in [2.45, 2.75) is 24.9 Å². The molecule has 0 aliphatic carbocycles. The van der Waals surface area contributed by atoms with Gasteiger partial charge in [-0.2, -0.15) is 0 Å². The van der Waals surface area contributed by atoms with Gasteiger partial charge in [-0.3, -0.25) is 14.6 Å². The molecule has 3 heterocycles. The van der Waals surface area contributed by atoms with Gasteiger partial charge in [0.05, 0.1) is 0 Å². The molecule has 31 heavy (non-hydrogen) atoms. The molecule has 3 N–H and O–H groups in total. The van der Waals surface area contributed by atoms with E-state index in [1.54, 1.807) is 30.1 Å². The number of halogens is 1. The minimum atomic E-state index is -1.04. The van der Waals surface area contributed by atoms with Crippen molar-refractivity contribution in [1.82, 2.24) is 20.1 Å². The summed E-state index contributed by atoms with van der Waals surface area (Å²) in [5.74, 6) is -0.101. The number of nitrogens with one attached hydrogen (secondary N) is 2. The number of nitrogens with zero attached hydrogens (tertiary/aromatic N) is 2. The summed E-state index contributed by atoms with van der Waals surface area (Å²) in [6, 6.07) is 11.6. The van der Waals surface area contributed by atoms with Gasteiger partial charge in [0.25, 0.3) is 5.91 Å². The highest BCUT2D eigenvalue weighted by molar-refractivity contribution is 6.31. The van der Waals surface area contributed by atoms with Gasteiger partial charge in [-0.25, -0.2) is 4.79 Å². The van der Waals surface area contributed by atoms with Crippen LogP contribution in [0.1, 0.15) is 29.8 Å². The summed E-state index contributed by atoms with van der Waals surface area (Å²) in [7, 11) is 1.79. The summed E-state index contributed by atoms with van der Waals surface area (Å²) in [4.78, 5) is 33.5. The highest BCUT2D eigenvalue weighted by Crippen LogP contribution is 2.49. The molecular formula is C23H23ClN4O3. The molecular weight excluding hydrogens is 416 g/mol. The molecule has 2 atom stereocenters. The van der Waals surface area contributed by atoms with E-state index in [1.807, 2.05) is 31.2 Å². The smallest absolute Gasteiger partial charge is 0.328 e. The lowest BCUT2D eigenvalue weighted by Crippen LogP contribution is -2.53. The van der Waals surface area contributed by atoms with Crippen LogP contribution in [0.25, 0.3) is 10.9 Å². The van der Waals surface area contributed by atoms with Crippen molar-refractivity contribution in [2.75, 3.05) is 20.1 Å². The van der Waals surface area contributed by atoms with Crippen LogP contribution in [0.3, 0.4) is 0 Å². The zero-order valence-corrected chi connectivity index (χ0v) is 18.0. The normalized spacial score (nSPS) is 22.9. The molecule has 3 amide bonds. The van der Waals surface area contributed by atoms with Gasteiger partial charge in [-0.1, -0.05) is 23.7 Å². The third-order valence-corrected chi connectivity index (χ3v) is 6.63.